The van der Waals surface area contributed by atoms with Gasteiger partial charge in [0.2, 0.25) is 11.8 Å². The van der Waals surface area contributed by atoms with Crippen molar-refractivity contribution in [2.24, 2.45) is 11.7 Å². The molecule has 0 spiro atoms. The van der Waals surface area contributed by atoms with Gasteiger partial charge in [0.25, 0.3) is 0 Å². The number of fused-ring (bicyclic) bond motifs is 1. The van der Waals surface area contributed by atoms with Gasteiger partial charge in [0.1, 0.15) is 6.54 Å². The Morgan fingerprint density at radius 3 is 2.55 bits per heavy atom. The van der Waals surface area contributed by atoms with E-state index in [9.17, 15) is 14.4 Å². The molecule has 2 heterocycles. The van der Waals surface area contributed by atoms with Gasteiger partial charge in [-0.25, -0.2) is 4.79 Å². The second-order valence-electron chi connectivity index (χ2n) is 6.52. The minimum atomic E-state index is -0.544. The van der Waals surface area contributed by atoms with E-state index in [4.69, 9.17) is 5.73 Å². The lowest BCUT2D eigenvalue weighted by molar-refractivity contribution is -0.145. The number of urea groups is 1. The van der Waals surface area contributed by atoms with E-state index in [2.05, 4.69) is 5.32 Å². The maximum absolute atomic E-state index is 12.8. The number of piperidine rings is 1. The van der Waals surface area contributed by atoms with Crippen LogP contribution < -0.4 is 11.1 Å². The lowest BCUT2D eigenvalue weighted by atomic mass is 9.88. The van der Waals surface area contributed by atoms with Crippen molar-refractivity contribution >= 4 is 17.8 Å². The smallest absolute Gasteiger partial charge is 0.328 e. The summed E-state index contributed by atoms with van der Waals surface area (Å²) in [7, 11) is 0. The number of carbonyl (C=O) groups is 3. The molecule has 4 amide bonds. The number of carbonyl (C=O) groups excluding carboxylic acids is 3. The fourth-order valence-corrected chi connectivity index (χ4v) is 4.00. The summed E-state index contributed by atoms with van der Waals surface area (Å²) in [6.45, 7) is 0.615. The third-order valence-electron chi connectivity index (χ3n) is 5.03. The molecule has 3 aliphatic rings. The Kier molecular flexibility index (Phi) is 4.33. The minimum Gasteiger partial charge on any atom is -0.368 e. The van der Waals surface area contributed by atoms with Crippen LogP contribution in [0.2, 0.25) is 0 Å². The van der Waals surface area contributed by atoms with E-state index in [1.54, 1.807) is 0 Å². The molecule has 22 heavy (non-hydrogen) atoms. The summed E-state index contributed by atoms with van der Waals surface area (Å²) >= 11 is 0. The zero-order valence-corrected chi connectivity index (χ0v) is 12.8. The summed E-state index contributed by atoms with van der Waals surface area (Å²) in [5.41, 5.74) is 5.30. The molecule has 0 aromatic carbocycles. The number of amides is 4. The molecule has 7 heteroatoms. The van der Waals surface area contributed by atoms with Crippen molar-refractivity contribution in [2.45, 2.75) is 57.2 Å². The minimum absolute atomic E-state index is 0.0213. The van der Waals surface area contributed by atoms with Crippen molar-refractivity contribution in [1.29, 1.82) is 0 Å². The molecular formula is C15H24N4O3. The lowest BCUT2D eigenvalue weighted by Gasteiger charge is -2.49. The van der Waals surface area contributed by atoms with Gasteiger partial charge in [-0.1, -0.05) is 19.3 Å². The van der Waals surface area contributed by atoms with Crippen LogP contribution in [0.3, 0.4) is 0 Å². The van der Waals surface area contributed by atoms with Gasteiger partial charge in [-0.15, -0.1) is 0 Å². The summed E-state index contributed by atoms with van der Waals surface area (Å²) in [4.78, 5) is 39.9. The van der Waals surface area contributed by atoms with Crippen LogP contribution in [0.15, 0.2) is 0 Å². The van der Waals surface area contributed by atoms with Gasteiger partial charge in [-0.3, -0.25) is 24.7 Å². The summed E-state index contributed by atoms with van der Waals surface area (Å²) in [6, 6.07) is -0.377. The Morgan fingerprint density at radius 2 is 1.86 bits per heavy atom. The Balaban J connectivity index is 1.87. The molecule has 3 rings (SSSR count). The Morgan fingerprint density at radius 1 is 1.14 bits per heavy atom. The lowest BCUT2D eigenvalue weighted by Crippen LogP contribution is -2.70. The third kappa shape index (κ3) is 2.69. The van der Waals surface area contributed by atoms with Crippen molar-refractivity contribution in [1.82, 2.24) is 15.1 Å². The predicted octanol–water partition coefficient (Wildman–Crippen LogP) is 0.394. The molecule has 2 saturated heterocycles. The molecule has 2 unspecified atom stereocenters. The molecule has 2 aliphatic heterocycles. The molecule has 1 aliphatic carbocycles. The highest BCUT2D eigenvalue weighted by Gasteiger charge is 2.49. The number of nitrogens with zero attached hydrogens (tertiary/aromatic N) is 2. The van der Waals surface area contributed by atoms with Crippen molar-refractivity contribution < 1.29 is 14.4 Å². The van der Waals surface area contributed by atoms with E-state index in [0.29, 0.717) is 0 Å². The normalized spacial score (nSPS) is 30.4. The van der Waals surface area contributed by atoms with Crippen LogP contribution in [0.4, 0.5) is 4.79 Å². The highest BCUT2D eigenvalue weighted by molar-refractivity contribution is 6.00. The van der Waals surface area contributed by atoms with Gasteiger partial charge in [0.05, 0.1) is 12.1 Å². The molecular weight excluding hydrogens is 284 g/mol. The fourth-order valence-electron chi connectivity index (χ4n) is 4.00. The van der Waals surface area contributed by atoms with Crippen molar-refractivity contribution in [3.8, 4) is 0 Å². The van der Waals surface area contributed by atoms with E-state index in [-0.39, 0.29) is 36.6 Å². The molecule has 2 atom stereocenters. The van der Waals surface area contributed by atoms with Crippen LogP contribution in [-0.2, 0) is 9.59 Å². The third-order valence-corrected chi connectivity index (χ3v) is 5.03. The van der Waals surface area contributed by atoms with Crippen molar-refractivity contribution in [3.05, 3.63) is 0 Å². The summed E-state index contributed by atoms with van der Waals surface area (Å²) in [6.07, 6.45) is 6.26. The Hall–Kier alpha value is -1.63. The predicted molar refractivity (Wildman–Crippen MR) is 79.5 cm³/mol. The van der Waals surface area contributed by atoms with Crippen LogP contribution in [0.25, 0.3) is 0 Å². The number of rotatable bonds is 3. The first-order valence-electron chi connectivity index (χ1n) is 8.25. The first kappa shape index (κ1) is 15.3. The summed E-state index contributed by atoms with van der Waals surface area (Å²) < 4.78 is 0. The molecule has 0 radical (unpaired) electrons. The number of nitrogens with one attached hydrogen (secondary N) is 1. The first-order chi connectivity index (χ1) is 10.6. The maximum Gasteiger partial charge on any atom is 0.328 e. The quantitative estimate of drug-likeness (QED) is 0.788. The molecule has 3 N–H and O–H groups in total. The van der Waals surface area contributed by atoms with E-state index in [0.717, 1.165) is 51.5 Å². The second kappa shape index (κ2) is 6.24. The topological polar surface area (TPSA) is 95.7 Å². The highest BCUT2D eigenvalue weighted by Crippen LogP contribution is 2.32. The van der Waals surface area contributed by atoms with E-state index in [1.807, 2.05) is 0 Å². The van der Waals surface area contributed by atoms with Gasteiger partial charge in [-0.2, -0.15) is 0 Å². The average molecular weight is 308 g/mol. The van der Waals surface area contributed by atoms with E-state index >= 15 is 0 Å². The second-order valence-corrected chi connectivity index (χ2v) is 6.52. The van der Waals surface area contributed by atoms with Crippen molar-refractivity contribution in [3.63, 3.8) is 0 Å². The molecule has 7 nitrogen and oxygen atoms in total. The van der Waals surface area contributed by atoms with Gasteiger partial charge < -0.3 is 5.73 Å². The van der Waals surface area contributed by atoms with Crippen molar-refractivity contribution in [2.75, 3.05) is 13.1 Å². The number of imide groups is 1. The molecule has 3 fully saturated rings. The number of nitrogens with two attached hydrogens (primary N) is 1. The maximum atomic E-state index is 12.8. The van der Waals surface area contributed by atoms with Crippen LogP contribution >= 0.6 is 0 Å². The molecule has 122 valence electrons. The van der Waals surface area contributed by atoms with E-state index in [1.165, 1.54) is 9.80 Å². The van der Waals surface area contributed by atoms with Crippen LogP contribution in [0, 0.1) is 5.92 Å². The van der Waals surface area contributed by atoms with Gasteiger partial charge in [0, 0.05) is 6.04 Å². The monoisotopic (exact) mass is 308 g/mol. The zero-order valence-electron chi connectivity index (χ0n) is 12.8. The largest absolute Gasteiger partial charge is 0.368 e. The van der Waals surface area contributed by atoms with Gasteiger partial charge >= 0.3 is 6.03 Å². The molecule has 0 aromatic heterocycles. The Labute approximate surface area is 130 Å². The standard InChI is InChI=1S/C15H24N4O3/c16-12(20)9-18-13-11(7-4-8-17-13)14(21)19(15(18)22)10-5-2-1-3-6-10/h10-11,13,17H,1-9H2,(H2,16,20). The van der Waals surface area contributed by atoms with E-state index < -0.39 is 5.91 Å². The summed E-state index contributed by atoms with van der Waals surface area (Å²) in [5, 5.41) is 3.21. The van der Waals surface area contributed by atoms with Crippen LogP contribution in [-0.4, -0.2) is 52.9 Å². The molecule has 0 aromatic rings. The highest BCUT2D eigenvalue weighted by atomic mass is 16.2. The molecule has 0 bridgehead atoms. The zero-order chi connectivity index (χ0) is 15.7. The van der Waals surface area contributed by atoms with Crippen LogP contribution in [0.5, 0.6) is 0 Å². The van der Waals surface area contributed by atoms with Gasteiger partial charge in [-0.05, 0) is 32.2 Å². The van der Waals surface area contributed by atoms with Gasteiger partial charge in [0.15, 0.2) is 0 Å². The summed E-state index contributed by atoms with van der Waals surface area (Å²) in [5.74, 6) is -0.875. The first-order valence-corrected chi connectivity index (χ1v) is 8.25. The number of primary amides is 1. The number of hydrogen-bond donors (Lipinski definition) is 2. The van der Waals surface area contributed by atoms with Crippen LogP contribution in [0.1, 0.15) is 44.9 Å². The average Bonchev–Trinajstić information content (AvgIpc) is 2.52. The molecule has 1 saturated carbocycles. The fraction of sp³-hybridized carbons (Fsp3) is 0.800. The number of hydrogen-bond acceptors (Lipinski definition) is 4. The Bertz CT molecular complexity index is 475. The SMILES string of the molecule is NC(=O)CN1C(=O)N(C2CCCCC2)C(=O)C2CCCNC21.